The van der Waals surface area contributed by atoms with E-state index in [-0.39, 0.29) is 24.1 Å². The van der Waals surface area contributed by atoms with E-state index in [0.29, 0.717) is 6.42 Å². The first-order valence-electron chi connectivity index (χ1n) is 10.1. The number of ether oxygens (including phenoxy) is 1. The van der Waals surface area contributed by atoms with E-state index in [4.69, 9.17) is 9.72 Å². The Morgan fingerprint density at radius 2 is 1.86 bits per heavy atom. The number of cyclic esters (lactones) is 1. The number of hydrogen-bond donors (Lipinski definition) is 1. The zero-order valence-corrected chi connectivity index (χ0v) is 17.4. The first-order chi connectivity index (χ1) is 13.7. The van der Waals surface area contributed by atoms with Crippen LogP contribution in [0, 0.1) is 5.82 Å². The van der Waals surface area contributed by atoms with E-state index in [1.807, 2.05) is 12.2 Å². The molecule has 1 aliphatic rings. The number of benzene rings is 1. The maximum absolute atomic E-state index is 13.5. The van der Waals surface area contributed by atoms with Crippen LogP contribution < -0.4 is 0 Å². The summed E-state index contributed by atoms with van der Waals surface area (Å²) in [6.07, 6.45) is 2.98. The number of nitrogens with zero attached hydrogens (tertiary/aromatic N) is 1. The largest absolute Gasteiger partial charge is 0.458 e. The molecule has 154 valence electrons. The maximum atomic E-state index is 13.5. The van der Waals surface area contributed by atoms with Gasteiger partial charge in [-0.05, 0) is 53.8 Å². The third-order valence-corrected chi connectivity index (χ3v) is 5.11. The fraction of sp³-hybridized carbons (Fsp3) is 0.417. The lowest BCUT2D eigenvalue weighted by Crippen LogP contribution is -2.31. The zero-order valence-electron chi connectivity index (χ0n) is 17.4. The molecule has 4 nitrogen and oxygen atoms in total. The van der Waals surface area contributed by atoms with Gasteiger partial charge in [0.1, 0.15) is 11.9 Å². The van der Waals surface area contributed by atoms with Crippen molar-refractivity contribution in [3.8, 4) is 11.3 Å². The van der Waals surface area contributed by atoms with Crippen molar-refractivity contribution in [1.29, 1.82) is 0 Å². The van der Waals surface area contributed by atoms with Crippen LogP contribution in [0.1, 0.15) is 69.2 Å². The van der Waals surface area contributed by atoms with E-state index in [1.165, 1.54) is 12.1 Å². The molecule has 2 atom stereocenters. The molecule has 0 bridgehead atoms. The van der Waals surface area contributed by atoms with Crippen molar-refractivity contribution in [3.63, 3.8) is 0 Å². The topological polar surface area (TPSA) is 59.4 Å². The second-order valence-electron chi connectivity index (χ2n) is 8.20. The van der Waals surface area contributed by atoms with Gasteiger partial charge < -0.3 is 9.84 Å². The Morgan fingerprint density at radius 1 is 1.17 bits per heavy atom. The standard InChI is InChI=1S/C24H28FNO3/c1-14(2)21-13-22(15(3)4)26-24(16-5-7-17(25)8-6-16)20(21)10-9-19-11-18(27)12-23(28)29-19/h5-10,13-15,18-19,27H,11-12H2,1-4H3/b10-9+/t18-,19-/m1/s1. The Labute approximate surface area is 171 Å². The number of rotatable bonds is 5. The molecular formula is C24H28FNO3. The van der Waals surface area contributed by atoms with Crippen LogP contribution in [0.2, 0.25) is 0 Å². The van der Waals surface area contributed by atoms with Gasteiger partial charge in [-0.25, -0.2) is 4.39 Å². The van der Waals surface area contributed by atoms with Gasteiger partial charge in [0.2, 0.25) is 0 Å². The molecule has 1 aliphatic heterocycles. The highest BCUT2D eigenvalue weighted by Gasteiger charge is 2.25. The van der Waals surface area contributed by atoms with Crippen LogP contribution >= 0.6 is 0 Å². The monoisotopic (exact) mass is 397 g/mol. The van der Waals surface area contributed by atoms with Gasteiger partial charge in [-0.2, -0.15) is 0 Å². The van der Waals surface area contributed by atoms with Crippen LogP contribution in [0.4, 0.5) is 4.39 Å². The van der Waals surface area contributed by atoms with Gasteiger partial charge in [0.05, 0.1) is 18.2 Å². The average Bonchev–Trinajstić information content (AvgIpc) is 2.65. The predicted molar refractivity (Wildman–Crippen MR) is 112 cm³/mol. The molecule has 1 fully saturated rings. The van der Waals surface area contributed by atoms with Gasteiger partial charge in [-0.15, -0.1) is 0 Å². The molecule has 0 saturated carbocycles. The first kappa shape index (κ1) is 21.2. The molecule has 2 heterocycles. The van der Waals surface area contributed by atoms with Crippen LogP contribution in [0.25, 0.3) is 17.3 Å². The van der Waals surface area contributed by atoms with E-state index >= 15 is 0 Å². The summed E-state index contributed by atoms with van der Waals surface area (Å²) >= 11 is 0. The van der Waals surface area contributed by atoms with Gasteiger partial charge in [0, 0.05) is 23.2 Å². The summed E-state index contributed by atoms with van der Waals surface area (Å²) in [5.74, 6) is -0.194. The lowest BCUT2D eigenvalue weighted by Gasteiger charge is -2.24. The molecule has 1 saturated heterocycles. The summed E-state index contributed by atoms with van der Waals surface area (Å²) in [6.45, 7) is 8.43. The summed E-state index contributed by atoms with van der Waals surface area (Å²) in [7, 11) is 0. The van der Waals surface area contributed by atoms with Crippen LogP contribution in [0.5, 0.6) is 0 Å². The van der Waals surface area contributed by atoms with Gasteiger partial charge in [-0.3, -0.25) is 9.78 Å². The highest BCUT2D eigenvalue weighted by atomic mass is 19.1. The van der Waals surface area contributed by atoms with Crippen LogP contribution in [0.3, 0.4) is 0 Å². The summed E-state index contributed by atoms with van der Waals surface area (Å²) in [5, 5.41) is 9.86. The van der Waals surface area contributed by atoms with Crippen LogP contribution in [-0.2, 0) is 9.53 Å². The van der Waals surface area contributed by atoms with Crippen molar-refractivity contribution in [3.05, 3.63) is 59.0 Å². The number of aliphatic hydroxyl groups excluding tert-OH is 1. The van der Waals surface area contributed by atoms with E-state index in [9.17, 15) is 14.3 Å². The second-order valence-corrected chi connectivity index (χ2v) is 8.20. The normalized spacial score (nSPS) is 19.9. The smallest absolute Gasteiger partial charge is 0.309 e. The van der Waals surface area contributed by atoms with Gasteiger partial charge >= 0.3 is 5.97 Å². The average molecular weight is 397 g/mol. The molecule has 1 aromatic heterocycles. The lowest BCUT2D eigenvalue weighted by molar-refractivity contribution is -0.156. The predicted octanol–water partition coefficient (Wildman–Crippen LogP) is 5.21. The van der Waals surface area contributed by atoms with Crippen molar-refractivity contribution in [2.24, 2.45) is 0 Å². The molecule has 29 heavy (non-hydrogen) atoms. The number of pyridine rings is 1. The zero-order chi connectivity index (χ0) is 21.1. The summed E-state index contributed by atoms with van der Waals surface area (Å²) in [5.41, 5.74) is 4.63. The third-order valence-electron chi connectivity index (χ3n) is 5.11. The van der Waals surface area contributed by atoms with E-state index in [0.717, 1.165) is 28.1 Å². The van der Waals surface area contributed by atoms with Crippen LogP contribution in [-0.4, -0.2) is 28.3 Å². The quantitative estimate of drug-likeness (QED) is 0.703. The highest BCUT2D eigenvalue weighted by molar-refractivity contribution is 5.75. The molecule has 3 rings (SSSR count). The summed E-state index contributed by atoms with van der Waals surface area (Å²) in [4.78, 5) is 16.5. The fourth-order valence-corrected chi connectivity index (χ4v) is 3.50. The third kappa shape index (κ3) is 5.10. The number of esters is 1. The number of carbonyl (C=O) groups is 1. The Morgan fingerprint density at radius 3 is 2.45 bits per heavy atom. The number of aromatic nitrogens is 1. The van der Waals surface area contributed by atoms with Gasteiger partial charge in [0.15, 0.2) is 0 Å². The number of carbonyl (C=O) groups excluding carboxylic acids is 1. The fourth-order valence-electron chi connectivity index (χ4n) is 3.50. The molecule has 0 aliphatic carbocycles. The molecule has 0 radical (unpaired) electrons. The summed E-state index contributed by atoms with van der Waals surface area (Å²) < 4.78 is 18.8. The molecule has 1 aromatic carbocycles. The number of halogens is 1. The van der Waals surface area contributed by atoms with Gasteiger partial charge in [0.25, 0.3) is 0 Å². The highest BCUT2D eigenvalue weighted by Crippen LogP contribution is 2.33. The Bertz CT molecular complexity index is 903. The van der Waals surface area contributed by atoms with Crippen molar-refractivity contribution in [2.75, 3.05) is 0 Å². The van der Waals surface area contributed by atoms with Gasteiger partial charge in [-0.1, -0.05) is 33.8 Å². The molecule has 1 N–H and O–H groups in total. The van der Waals surface area contributed by atoms with E-state index < -0.39 is 18.2 Å². The molecule has 2 aromatic rings. The number of aliphatic hydroxyl groups is 1. The minimum absolute atomic E-state index is 0.0348. The Kier molecular flexibility index (Phi) is 6.48. The van der Waals surface area contributed by atoms with Crippen LogP contribution in [0.15, 0.2) is 36.4 Å². The molecular weight excluding hydrogens is 369 g/mol. The van der Waals surface area contributed by atoms with E-state index in [2.05, 4.69) is 33.8 Å². The SMILES string of the molecule is CC(C)c1cc(C(C)C)c(/C=C/[C@@H]2C[C@@H](O)CC(=O)O2)c(-c2ccc(F)cc2)n1. The lowest BCUT2D eigenvalue weighted by atomic mass is 9.90. The molecule has 0 amide bonds. The van der Waals surface area contributed by atoms with Crippen molar-refractivity contribution in [1.82, 2.24) is 4.98 Å². The summed E-state index contributed by atoms with van der Waals surface area (Å²) in [6, 6.07) is 8.44. The first-order valence-corrected chi connectivity index (χ1v) is 10.1. The van der Waals surface area contributed by atoms with Crippen molar-refractivity contribution >= 4 is 12.0 Å². The van der Waals surface area contributed by atoms with E-state index in [1.54, 1.807) is 12.1 Å². The van der Waals surface area contributed by atoms with Crippen molar-refractivity contribution < 1.29 is 19.0 Å². The molecule has 5 heteroatoms. The molecule has 0 unspecified atom stereocenters. The van der Waals surface area contributed by atoms with Crippen molar-refractivity contribution in [2.45, 2.75) is 64.6 Å². The Balaban J connectivity index is 2.10. The minimum atomic E-state index is -0.687. The maximum Gasteiger partial charge on any atom is 0.309 e. The minimum Gasteiger partial charge on any atom is -0.458 e. The second kappa shape index (κ2) is 8.87. The Hall–Kier alpha value is -2.53. The molecule has 0 spiro atoms. The number of hydrogen-bond acceptors (Lipinski definition) is 4.